The van der Waals surface area contributed by atoms with E-state index in [1.54, 1.807) is 6.07 Å². The summed E-state index contributed by atoms with van der Waals surface area (Å²) in [5, 5.41) is 2.81. The molecule has 98 valence electrons. The first-order chi connectivity index (χ1) is 8.58. The minimum absolute atomic E-state index is 0.155. The van der Waals surface area contributed by atoms with Crippen molar-refractivity contribution in [2.24, 2.45) is 0 Å². The Morgan fingerprint density at radius 1 is 1.39 bits per heavy atom. The number of halogens is 2. The van der Waals surface area contributed by atoms with Gasteiger partial charge in [-0.1, -0.05) is 18.5 Å². The Bertz CT molecular complexity index is 449. The molecule has 6 heteroatoms. The second kappa shape index (κ2) is 7.24. The first kappa shape index (κ1) is 14.8. The van der Waals surface area contributed by atoms with E-state index in [1.807, 2.05) is 6.92 Å². The van der Waals surface area contributed by atoms with Gasteiger partial charge in [0.1, 0.15) is 5.88 Å². The van der Waals surface area contributed by atoms with Gasteiger partial charge in [-0.15, -0.1) is 11.6 Å². The van der Waals surface area contributed by atoms with E-state index in [0.717, 1.165) is 6.42 Å². The summed E-state index contributed by atoms with van der Waals surface area (Å²) in [7, 11) is 0. The molecule has 18 heavy (non-hydrogen) atoms. The number of amides is 1. The van der Waals surface area contributed by atoms with Crippen LogP contribution in [-0.4, -0.2) is 24.4 Å². The van der Waals surface area contributed by atoms with Gasteiger partial charge in [0, 0.05) is 5.69 Å². The van der Waals surface area contributed by atoms with Crippen molar-refractivity contribution in [3.63, 3.8) is 0 Å². The summed E-state index contributed by atoms with van der Waals surface area (Å²) in [5.41, 5.74) is 0.672. The van der Waals surface area contributed by atoms with Crippen LogP contribution in [0.1, 0.15) is 23.7 Å². The van der Waals surface area contributed by atoms with Gasteiger partial charge in [-0.25, -0.2) is 4.79 Å². The van der Waals surface area contributed by atoms with E-state index in [9.17, 15) is 9.59 Å². The van der Waals surface area contributed by atoms with Crippen molar-refractivity contribution in [1.82, 2.24) is 0 Å². The highest BCUT2D eigenvalue weighted by Crippen LogP contribution is 2.21. The average molecular weight is 290 g/mol. The molecule has 1 amide bonds. The number of esters is 1. The van der Waals surface area contributed by atoms with Crippen molar-refractivity contribution < 1.29 is 14.3 Å². The van der Waals surface area contributed by atoms with E-state index < -0.39 is 5.97 Å². The van der Waals surface area contributed by atoms with E-state index in [0.29, 0.717) is 12.3 Å². The summed E-state index contributed by atoms with van der Waals surface area (Å²) in [4.78, 5) is 22.8. The third-order valence-electron chi connectivity index (χ3n) is 2.03. The van der Waals surface area contributed by atoms with Crippen LogP contribution in [0, 0.1) is 0 Å². The van der Waals surface area contributed by atoms with Gasteiger partial charge in [0.05, 0.1) is 17.2 Å². The third-order valence-corrected chi connectivity index (χ3v) is 2.60. The highest BCUT2D eigenvalue weighted by atomic mass is 35.5. The molecule has 0 atom stereocenters. The maximum Gasteiger partial charge on any atom is 0.339 e. The van der Waals surface area contributed by atoms with E-state index in [4.69, 9.17) is 27.9 Å². The summed E-state index contributed by atoms with van der Waals surface area (Å²) in [6.45, 7) is 2.22. The van der Waals surface area contributed by atoms with Gasteiger partial charge in [0.15, 0.2) is 0 Å². The molecule has 0 spiro atoms. The molecule has 1 aromatic rings. The lowest BCUT2D eigenvalue weighted by Crippen LogP contribution is -2.13. The smallest absolute Gasteiger partial charge is 0.339 e. The molecule has 1 N–H and O–H groups in total. The standard InChI is InChI=1S/C12H13Cl2NO3/c1-2-5-18-12(17)9-6-8(3-4-10(9)14)15-11(16)7-13/h3-4,6H,2,5,7H2,1H3,(H,15,16). The summed E-state index contributed by atoms with van der Waals surface area (Å²) in [6, 6.07) is 4.57. The van der Waals surface area contributed by atoms with Gasteiger partial charge >= 0.3 is 5.97 Å². The Morgan fingerprint density at radius 3 is 2.72 bits per heavy atom. The Balaban J connectivity index is 2.87. The highest BCUT2D eigenvalue weighted by Gasteiger charge is 2.13. The quantitative estimate of drug-likeness (QED) is 0.669. The van der Waals surface area contributed by atoms with Crippen molar-refractivity contribution in [2.75, 3.05) is 17.8 Å². The fourth-order valence-electron chi connectivity index (χ4n) is 1.23. The van der Waals surface area contributed by atoms with Gasteiger partial charge in [-0.3, -0.25) is 4.79 Å². The summed E-state index contributed by atoms with van der Waals surface area (Å²) in [6.07, 6.45) is 0.728. The van der Waals surface area contributed by atoms with Crippen LogP contribution in [0.5, 0.6) is 0 Å². The number of hydrogen-bond acceptors (Lipinski definition) is 3. The van der Waals surface area contributed by atoms with Crippen molar-refractivity contribution in [1.29, 1.82) is 0 Å². The second-order valence-electron chi connectivity index (χ2n) is 3.51. The van der Waals surface area contributed by atoms with Crippen LogP contribution >= 0.6 is 23.2 Å². The van der Waals surface area contributed by atoms with Crippen molar-refractivity contribution in [3.8, 4) is 0 Å². The largest absolute Gasteiger partial charge is 0.462 e. The fraction of sp³-hybridized carbons (Fsp3) is 0.333. The van der Waals surface area contributed by atoms with E-state index in [2.05, 4.69) is 5.32 Å². The van der Waals surface area contributed by atoms with Crippen molar-refractivity contribution in [2.45, 2.75) is 13.3 Å². The highest BCUT2D eigenvalue weighted by molar-refractivity contribution is 6.33. The van der Waals surface area contributed by atoms with Crippen LogP contribution in [0.15, 0.2) is 18.2 Å². The molecule has 0 aliphatic carbocycles. The predicted molar refractivity (Wildman–Crippen MR) is 71.4 cm³/mol. The molecule has 0 aliphatic rings. The maximum atomic E-state index is 11.7. The van der Waals surface area contributed by atoms with E-state index >= 15 is 0 Å². The molecular formula is C12H13Cl2NO3. The van der Waals surface area contributed by atoms with Gasteiger partial charge in [0.2, 0.25) is 5.91 Å². The molecule has 0 heterocycles. The zero-order valence-electron chi connectivity index (χ0n) is 9.83. The average Bonchev–Trinajstić information content (AvgIpc) is 2.38. The van der Waals surface area contributed by atoms with Crippen LogP contribution < -0.4 is 5.32 Å². The Kier molecular flexibility index (Phi) is 5.95. The van der Waals surface area contributed by atoms with Gasteiger partial charge < -0.3 is 10.1 Å². The number of alkyl halides is 1. The monoisotopic (exact) mass is 289 g/mol. The van der Waals surface area contributed by atoms with Crippen LogP contribution in [0.2, 0.25) is 5.02 Å². The molecule has 4 nitrogen and oxygen atoms in total. The zero-order valence-corrected chi connectivity index (χ0v) is 11.3. The Labute approximate surface area is 115 Å². The Hall–Kier alpha value is -1.26. The molecule has 0 fully saturated rings. The summed E-state index contributed by atoms with van der Waals surface area (Å²) in [5.74, 6) is -1.02. The molecule has 0 aromatic heterocycles. The first-order valence-corrected chi connectivity index (χ1v) is 6.32. The van der Waals surface area contributed by atoms with Crippen molar-refractivity contribution >= 4 is 40.8 Å². The lowest BCUT2D eigenvalue weighted by atomic mass is 10.2. The van der Waals surface area contributed by atoms with Gasteiger partial charge in [-0.05, 0) is 24.6 Å². The number of anilines is 1. The van der Waals surface area contributed by atoms with Crippen LogP contribution in [0.3, 0.4) is 0 Å². The minimum Gasteiger partial charge on any atom is -0.462 e. The third kappa shape index (κ3) is 4.20. The number of benzene rings is 1. The Morgan fingerprint density at radius 2 is 2.11 bits per heavy atom. The summed E-state index contributed by atoms with van der Waals surface area (Å²) >= 11 is 11.3. The van der Waals surface area contributed by atoms with Crippen LogP contribution in [0.25, 0.3) is 0 Å². The minimum atomic E-state index is -0.510. The lowest BCUT2D eigenvalue weighted by molar-refractivity contribution is -0.113. The molecule has 0 aliphatic heterocycles. The number of carbonyl (C=O) groups is 2. The number of hydrogen-bond donors (Lipinski definition) is 1. The van der Waals surface area contributed by atoms with Crippen LogP contribution in [0.4, 0.5) is 5.69 Å². The lowest BCUT2D eigenvalue weighted by Gasteiger charge is -2.08. The molecule has 1 aromatic carbocycles. The fourth-order valence-corrected chi connectivity index (χ4v) is 1.49. The second-order valence-corrected chi connectivity index (χ2v) is 4.19. The molecule has 1 rings (SSSR count). The molecule has 0 bridgehead atoms. The van der Waals surface area contributed by atoms with E-state index in [-0.39, 0.29) is 22.4 Å². The topological polar surface area (TPSA) is 55.4 Å². The van der Waals surface area contributed by atoms with Gasteiger partial charge in [-0.2, -0.15) is 0 Å². The molecular weight excluding hydrogens is 277 g/mol. The zero-order chi connectivity index (χ0) is 13.5. The van der Waals surface area contributed by atoms with Crippen LogP contribution in [-0.2, 0) is 9.53 Å². The molecule has 0 unspecified atom stereocenters. The number of nitrogens with one attached hydrogen (secondary N) is 1. The number of rotatable bonds is 5. The SMILES string of the molecule is CCCOC(=O)c1cc(NC(=O)CCl)ccc1Cl. The number of ether oxygens (including phenoxy) is 1. The number of carbonyl (C=O) groups excluding carboxylic acids is 2. The molecule has 0 radical (unpaired) electrons. The predicted octanol–water partition coefficient (Wildman–Crippen LogP) is 3.08. The normalized spacial score (nSPS) is 9.94. The van der Waals surface area contributed by atoms with E-state index in [1.165, 1.54) is 12.1 Å². The van der Waals surface area contributed by atoms with Crippen molar-refractivity contribution in [3.05, 3.63) is 28.8 Å². The summed E-state index contributed by atoms with van der Waals surface area (Å²) < 4.78 is 4.98. The molecule has 0 saturated heterocycles. The first-order valence-electron chi connectivity index (χ1n) is 5.41. The van der Waals surface area contributed by atoms with Gasteiger partial charge in [0.25, 0.3) is 0 Å². The molecule has 0 saturated carbocycles. The maximum absolute atomic E-state index is 11.7.